The SMILES string of the molecule is O=C(COC(=O)[C@H](Cc1ccccc1)N1C(=O)[C@H]2[C@H](C1=O)[C@H]1C=C[C@H]2C1)Nc1cc(Cl)ccc1Cl. The summed E-state index contributed by atoms with van der Waals surface area (Å²) in [6, 6.07) is 12.5. The van der Waals surface area contributed by atoms with Crippen LogP contribution in [0.4, 0.5) is 5.69 Å². The van der Waals surface area contributed by atoms with Crippen molar-refractivity contribution < 1.29 is 23.9 Å². The van der Waals surface area contributed by atoms with Crippen LogP contribution in [0.5, 0.6) is 0 Å². The number of hydrogen-bond acceptors (Lipinski definition) is 5. The first kappa shape index (κ1) is 23.6. The molecule has 9 heteroatoms. The number of esters is 1. The summed E-state index contributed by atoms with van der Waals surface area (Å²) in [5, 5.41) is 3.20. The molecule has 1 saturated heterocycles. The van der Waals surface area contributed by atoms with Crippen molar-refractivity contribution in [1.29, 1.82) is 0 Å². The minimum absolute atomic E-state index is 0.0214. The molecule has 3 amide bonds. The highest BCUT2D eigenvalue weighted by Crippen LogP contribution is 2.53. The van der Waals surface area contributed by atoms with Crippen molar-refractivity contribution in [2.45, 2.75) is 18.9 Å². The number of allylic oxidation sites excluding steroid dienone is 2. The van der Waals surface area contributed by atoms with Crippen LogP contribution in [0, 0.1) is 23.7 Å². The third kappa shape index (κ3) is 4.46. The van der Waals surface area contributed by atoms with Crippen molar-refractivity contribution in [3.8, 4) is 0 Å². The lowest BCUT2D eigenvalue weighted by atomic mass is 9.85. The van der Waals surface area contributed by atoms with Crippen molar-refractivity contribution in [2.75, 3.05) is 11.9 Å². The second-order valence-corrected chi connectivity index (χ2v) is 9.88. The lowest BCUT2D eigenvalue weighted by Gasteiger charge is -2.26. The minimum Gasteiger partial charge on any atom is -0.454 e. The molecule has 3 aliphatic rings. The number of amides is 3. The highest BCUT2D eigenvalue weighted by atomic mass is 35.5. The van der Waals surface area contributed by atoms with Crippen LogP contribution in [0.15, 0.2) is 60.7 Å². The lowest BCUT2D eigenvalue weighted by molar-refractivity contribution is -0.160. The van der Waals surface area contributed by atoms with Crippen LogP contribution in [0.1, 0.15) is 12.0 Å². The van der Waals surface area contributed by atoms with Gasteiger partial charge in [-0.3, -0.25) is 19.3 Å². The Labute approximate surface area is 212 Å². The summed E-state index contributed by atoms with van der Waals surface area (Å²) in [7, 11) is 0. The quantitative estimate of drug-likeness (QED) is 0.345. The van der Waals surface area contributed by atoms with Crippen molar-refractivity contribution >= 4 is 52.6 Å². The first-order valence-electron chi connectivity index (χ1n) is 11.3. The van der Waals surface area contributed by atoms with Gasteiger partial charge in [0.2, 0.25) is 11.8 Å². The Morgan fingerprint density at radius 1 is 1.00 bits per heavy atom. The highest BCUT2D eigenvalue weighted by molar-refractivity contribution is 6.35. The van der Waals surface area contributed by atoms with Crippen LogP contribution in [0.25, 0.3) is 0 Å². The Hall–Kier alpha value is -3.16. The van der Waals surface area contributed by atoms with Crippen LogP contribution in [-0.4, -0.2) is 41.2 Å². The third-order valence-corrected chi connectivity index (χ3v) is 7.47. The maximum atomic E-state index is 13.3. The highest BCUT2D eigenvalue weighted by Gasteiger charge is 2.61. The molecule has 0 spiro atoms. The third-order valence-electron chi connectivity index (χ3n) is 6.91. The summed E-state index contributed by atoms with van der Waals surface area (Å²) in [4.78, 5) is 53.3. The van der Waals surface area contributed by atoms with E-state index in [1.165, 1.54) is 12.1 Å². The molecule has 1 aliphatic heterocycles. The van der Waals surface area contributed by atoms with E-state index in [4.69, 9.17) is 27.9 Å². The number of ether oxygens (including phenoxy) is 1. The number of carbonyl (C=O) groups excluding carboxylic acids is 4. The Morgan fingerprint density at radius 3 is 2.31 bits per heavy atom. The summed E-state index contributed by atoms with van der Waals surface area (Å²) in [6.07, 6.45) is 4.88. The molecule has 2 fully saturated rings. The Morgan fingerprint density at radius 2 is 1.66 bits per heavy atom. The lowest BCUT2D eigenvalue weighted by Crippen LogP contribution is -2.48. The number of nitrogens with one attached hydrogen (secondary N) is 1. The van der Waals surface area contributed by atoms with Crippen LogP contribution in [0.3, 0.4) is 0 Å². The summed E-state index contributed by atoms with van der Waals surface area (Å²) >= 11 is 12.0. The number of nitrogens with zero attached hydrogens (tertiary/aromatic N) is 1. The molecule has 1 heterocycles. The molecule has 0 aromatic heterocycles. The number of likely N-dealkylation sites (tertiary alicyclic amines) is 1. The Kier molecular flexibility index (Phi) is 6.38. The van der Waals surface area contributed by atoms with E-state index in [0.29, 0.717) is 5.02 Å². The van der Waals surface area contributed by atoms with E-state index in [-0.39, 0.29) is 40.8 Å². The maximum Gasteiger partial charge on any atom is 0.330 e. The molecule has 1 N–H and O–H groups in total. The number of imide groups is 1. The van der Waals surface area contributed by atoms with Gasteiger partial charge in [-0.05, 0) is 42.0 Å². The molecule has 0 unspecified atom stereocenters. The topological polar surface area (TPSA) is 92.8 Å². The maximum absolute atomic E-state index is 13.3. The number of benzene rings is 2. The molecule has 180 valence electrons. The number of carbonyl (C=O) groups is 4. The van der Waals surface area contributed by atoms with Gasteiger partial charge in [-0.1, -0.05) is 65.7 Å². The van der Waals surface area contributed by atoms with Gasteiger partial charge < -0.3 is 10.1 Å². The van der Waals surface area contributed by atoms with Gasteiger partial charge in [-0.2, -0.15) is 0 Å². The molecule has 35 heavy (non-hydrogen) atoms. The monoisotopic (exact) mass is 512 g/mol. The summed E-state index contributed by atoms with van der Waals surface area (Å²) in [5.74, 6) is -2.95. The predicted octanol–water partition coefficient (Wildman–Crippen LogP) is 3.89. The molecular formula is C26H22Cl2N2O5. The number of anilines is 1. The van der Waals surface area contributed by atoms with Gasteiger partial charge >= 0.3 is 5.97 Å². The zero-order valence-electron chi connectivity index (χ0n) is 18.5. The average Bonchev–Trinajstić information content (AvgIpc) is 3.53. The first-order valence-corrected chi connectivity index (χ1v) is 12.1. The van der Waals surface area contributed by atoms with E-state index in [2.05, 4.69) is 5.32 Å². The second kappa shape index (κ2) is 9.47. The molecule has 2 aromatic rings. The van der Waals surface area contributed by atoms with E-state index >= 15 is 0 Å². The van der Waals surface area contributed by atoms with Gasteiger partial charge in [0.05, 0.1) is 22.5 Å². The van der Waals surface area contributed by atoms with Crippen molar-refractivity contribution in [2.24, 2.45) is 23.7 Å². The fraction of sp³-hybridized carbons (Fsp3) is 0.308. The van der Waals surface area contributed by atoms with Gasteiger partial charge in [0.15, 0.2) is 6.61 Å². The molecule has 2 bridgehead atoms. The molecule has 5 rings (SSSR count). The smallest absolute Gasteiger partial charge is 0.330 e. The van der Waals surface area contributed by atoms with E-state index < -0.39 is 36.4 Å². The average molecular weight is 513 g/mol. The van der Waals surface area contributed by atoms with Crippen LogP contribution >= 0.6 is 23.2 Å². The normalized spacial score (nSPS) is 25.0. The van der Waals surface area contributed by atoms with E-state index in [9.17, 15) is 19.2 Å². The Balaban J connectivity index is 1.32. The van der Waals surface area contributed by atoms with Gasteiger partial charge in [-0.15, -0.1) is 0 Å². The zero-order valence-corrected chi connectivity index (χ0v) is 20.0. The molecule has 7 nitrogen and oxygen atoms in total. The van der Waals surface area contributed by atoms with Crippen LogP contribution in [-0.2, 0) is 30.3 Å². The fourth-order valence-electron chi connectivity index (χ4n) is 5.36. The predicted molar refractivity (Wildman–Crippen MR) is 130 cm³/mol. The van der Waals surface area contributed by atoms with E-state index in [0.717, 1.165) is 16.9 Å². The first-order chi connectivity index (χ1) is 16.8. The molecule has 0 radical (unpaired) electrons. The number of fused-ring (bicyclic) bond motifs is 5. The van der Waals surface area contributed by atoms with Crippen molar-refractivity contribution in [3.63, 3.8) is 0 Å². The van der Waals surface area contributed by atoms with E-state index in [1.54, 1.807) is 6.07 Å². The van der Waals surface area contributed by atoms with Gasteiger partial charge in [0.1, 0.15) is 6.04 Å². The fourth-order valence-corrected chi connectivity index (χ4v) is 5.70. The molecular weight excluding hydrogens is 491 g/mol. The molecule has 1 saturated carbocycles. The molecule has 2 aromatic carbocycles. The minimum atomic E-state index is -1.16. The largest absolute Gasteiger partial charge is 0.454 e. The van der Waals surface area contributed by atoms with Gasteiger partial charge in [0.25, 0.3) is 5.91 Å². The van der Waals surface area contributed by atoms with Gasteiger partial charge in [0, 0.05) is 11.4 Å². The number of rotatable bonds is 7. The second-order valence-electron chi connectivity index (χ2n) is 9.03. The standard InChI is InChI=1S/C26H22Cl2N2O5/c27-17-8-9-18(28)19(12-17)29-21(31)13-35-26(34)20(10-14-4-2-1-3-5-14)30-24(32)22-15-6-7-16(11-15)23(22)25(30)33/h1-9,12,15-16,20,22-23H,10-11,13H2,(H,29,31)/t15-,16-,20-,22+,23+/m0/s1. The molecule has 2 aliphatic carbocycles. The van der Waals surface area contributed by atoms with Crippen molar-refractivity contribution in [3.05, 3.63) is 76.3 Å². The van der Waals surface area contributed by atoms with Crippen molar-refractivity contribution in [1.82, 2.24) is 4.90 Å². The molecule has 5 atom stereocenters. The number of hydrogen-bond donors (Lipinski definition) is 1. The van der Waals surface area contributed by atoms with E-state index in [1.807, 2.05) is 42.5 Å². The zero-order chi connectivity index (χ0) is 24.7. The van der Waals surface area contributed by atoms with Crippen LogP contribution < -0.4 is 5.32 Å². The summed E-state index contributed by atoms with van der Waals surface area (Å²) < 4.78 is 5.29. The van der Waals surface area contributed by atoms with Gasteiger partial charge in [-0.25, -0.2) is 4.79 Å². The summed E-state index contributed by atoms with van der Waals surface area (Å²) in [6.45, 7) is -0.608. The Bertz CT molecular complexity index is 1200. The summed E-state index contributed by atoms with van der Waals surface area (Å²) in [5.41, 5.74) is 1.05. The van der Waals surface area contributed by atoms with Crippen LogP contribution in [0.2, 0.25) is 10.0 Å². The number of halogens is 2.